The number of ketones is 2. The van der Waals surface area contributed by atoms with E-state index >= 15 is 0 Å². The van der Waals surface area contributed by atoms with Crippen LogP contribution in [0.5, 0.6) is 0 Å². The fraction of sp³-hybridized carbons (Fsp3) is 0.571. The number of hydrogen-bond donors (Lipinski definition) is 1. The molecule has 1 saturated heterocycles. The highest BCUT2D eigenvalue weighted by molar-refractivity contribution is 6.01. The quantitative estimate of drug-likeness (QED) is 0.640. The van der Waals surface area contributed by atoms with Crippen LogP contribution in [-0.4, -0.2) is 39.5 Å². The Morgan fingerprint density at radius 1 is 1.39 bits per heavy atom. The number of carbonyl (C=O) groups is 2. The largest absolute Gasteiger partial charge is 0.393 e. The van der Waals surface area contributed by atoms with Gasteiger partial charge < -0.3 is 14.6 Å². The number of aliphatic hydroxyl groups excluding tert-OH is 1. The van der Waals surface area contributed by atoms with Crippen molar-refractivity contribution in [3.63, 3.8) is 0 Å². The minimum absolute atomic E-state index is 0.0121. The molecule has 1 aromatic rings. The summed E-state index contributed by atoms with van der Waals surface area (Å²) >= 11 is 0. The van der Waals surface area contributed by atoms with Gasteiger partial charge in [-0.3, -0.25) is 9.59 Å². The van der Waals surface area contributed by atoms with E-state index < -0.39 is 40.9 Å². The van der Waals surface area contributed by atoms with Crippen LogP contribution in [0.4, 0.5) is 4.39 Å². The highest BCUT2D eigenvalue weighted by Gasteiger charge is 2.75. The molecule has 0 radical (unpaired) electrons. The molecular weight excluding hydrogens is 463 g/mol. The molecular formula is C28H29FN2O5. The van der Waals surface area contributed by atoms with Gasteiger partial charge in [-0.05, 0) is 55.7 Å². The van der Waals surface area contributed by atoms with Crippen LogP contribution < -0.4 is 0 Å². The second-order valence-electron chi connectivity index (χ2n) is 11.4. The molecule has 36 heavy (non-hydrogen) atoms. The van der Waals surface area contributed by atoms with Crippen LogP contribution in [0.3, 0.4) is 0 Å². The maximum atomic E-state index is 13.9. The third-order valence-electron chi connectivity index (χ3n) is 9.91. The van der Waals surface area contributed by atoms with Gasteiger partial charge in [-0.15, -0.1) is 0 Å². The molecule has 0 bridgehead atoms. The van der Waals surface area contributed by atoms with Crippen LogP contribution in [0.2, 0.25) is 0 Å². The molecule has 6 rings (SSSR count). The summed E-state index contributed by atoms with van der Waals surface area (Å²) in [6.45, 7) is 4.08. The summed E-state index contributed by atoms with van der Waals surface area (Å²) in [6.07, 6.45) is 6.31. The topological polar surface area (TPSA) is 110 Å². The molecule has 1 N–H and O–H groups in total. The number of halogens is 1. The number of nitriles is 1. The number of allylic oxidation sites excluding steroid dienone is 4. The monoisotopic (exact) mass is 492 g/mol. The third kappa shape index (κ3) is 2.97. The molecule has 2 heterocycles. The fourth-order valence-corrected chi connectivity index (χ4v) is 8.48. The summed E-state index contributed by atoms with van der Waals surface area (Å²) in [7, 11) is 0. The first-order chi connectivity index (χ1) is 17.1. The van der Waals surface area contributed by atoms with E-state index in [1.54, 1.807) is 18.2 Å². The number of ether oxygens (including phenoxy) is 2. The van der Waals surface area contributed by atoms with Crippen molar-refractivity contribution >= 4 is 11.6 Å². The third-order valence-corrected chi connectivity index (χ3v) is 9.91. The van der Waals surface area contributed by atoms with Crippen LogP contribution in [0, 0.1) is 45.9 Å². The van der Waals surface area contributed by atoms with Crippen LogP contribution in [0.15, 0.2) is 42.1 Å². The van der Waals surface area contributed by atoms with E-state index in [0.717, 1.165) is 18.4 Å². The summed E-state index contributed by atoms with van der Waals surface area (Å²) in [4.78, 5) is 29.4. The highest BCUT2D eigenvalue weighted by Crippen LogP contribution is 2.70. The Labute approximate surface area is 209 Å². The van der Waals surface area contributed by atoms with E-state index in [0.29, 0.717) is 18.4 Å². The lowest BCUT2D eigenvalue weighted by molar-refractivity contribution is -0.199. The standard InChI is InChI=1S/C28H29FN2O5/c1-26-8-5-17(32)12-16(26)3-4-18-19-13-22-28(21(34)6-9-30,27(19,2)14-20(33)24(18)26)36-25(35-22)15-7-10-31-23(29)11-15/h5,7-8,10-12,18-20,22,24-25,33H,3-4,6,13-14H2,1-2H3/t18-,19-,20-,22+,24+,25?,26-,27-,28+/m0/s1. The van der Waals surface area contributed by atoms with Gasteiger partial charge in [0.05, 0.1) is 24.7 Å². The van der Waals surface area contributed by atoms with Gasteiger partial charge in [0.2, 0.25) is 5.95 Å². The molecule has 5 aliphatic rings. The maximum Gasteiger partial charge on any atom is 0.213 e. The number of aromatic nitrogens is 1. The predicted octanol–water partition coefficient (Wildman–Crippen LogP) is 3.74. The van der Waals surface area contributed by atoms with Crippen LogP contribution in [-0.2, 0) is 19.1 Å². The van der Waals surface area contributed by atoms with E-state index in [4.69, 9.17) is 9.47 Å². The van der Waals surface area contributed by atoms with Gasteiger partial charge in [0.15, 0.2) is 23.5 Å². The van der Waals surface area contributed by atoms with E-state index in [1.165, 1.54) is 12.3 Å². The van der Waals surface area contributed by atoms with Crippen molar-refractivity contribution in [2.45, 2.75) is 70.1 Å². The molecule has 0 amide bonds. The summed E-state index contributed by atoms with van der Waals surface area (Å²) in [5, 5.41) is 21.1. The van der Waals surface area contributed by atoms with Crippen LogP contribution >= 0.6 is 0 Å². The summed E-state index contributed by atoms with van der Waals surface area (Å²) in [5.41, 5.74) is -1.15. The summed E-state index contributed by atoms with van der Waals surface area (Å²) in [5.74, 6) is -1.06. The number of Topliss-reactive ketones (excluding diaryl/α,β-unsaturated/α-hetero) is 1. The molecule has 1 aromatic heterocycles. The number of rotatable bonds is 3. The number of hydrogen-bond acceptors (Lipinski definition) is 7. The smallest absolute Gasteiger partial charge is 0.213 e. The van der Waals surface area contributed by atoms with Gasteiger partial charge in [-0.2, -0.15) is 9.65 Å². The Balaban J connectivity index is 1.41. The van der Waals surface area contributed by atoms with Crippen LogP contribution in [0.25, 0.3) is 0 Å². The molecule has 0 aromatic carbocycles. The first kappa shape index (κ1) is 23.7. The number of fused-ring (bicyclic) bond motifs is 7. The lowest BCUT2D eigenvalue weighted by Crippen LogP contribution is -2.63. The molecule has 1 aliphatic heterocycles. The Kier molecular flexibility index (Phi) is 5.18. The number of nitrogens with zero attached hydrogens (tertiary/aromatic N) is 2. The van der Waals surface area contributed by atoms with Gasteiger partial charge in [0.25, 0.3) is 0 Å². The summed E-state index contributed by atoms with van der Waals surface area (Å²) < 4.78 is 26.7. The van der Waals surface area contributed by atoms with E-state index in [1.807, 2.05) is 19.1 Å². The minimum atomic E-state index is -1.42. The lowest BCUT2D eigenvalue weighted by Gasteiger charge is -2.59. The SMILES string of the molecule is C[C@]12C=CC(=O)C=C1CC[C@@H]1[C@@H]2[C@@H](O)C[C@@]2(C)[C@H]1C[C@H]1OC(c3ccnc(F)c3)O[C@]12C(=O)CC#N. The Morgan fingerprint density at radius 3 is 2.94 bits per heavy atom. The molecule has 9 atom stereocenters. The highest BCUT2D eigenvalue weighted by atomic mass is 19.1. The van der Waals surface area contributed by atoms with Crippen molar-refractivity contribution in [1.29, 1.82) is 5.26 Å². The van der Waals surface area contributed by atoms with Crippen molar-refractivity contribution in [3.05, 3.63) is 53.6 Å². The Morgan fingerprint density at radius 2 is 2.19 bits per heavy atom. The molecule has 7 nitrogen and oxygen atoms in total. The molecule has 0 spiro atoms. The number of carbonyl (C=O) groups excluding carboxylic acids is 2. The van der Waals surface area contributed by atoms with Gasteiger partial charge in [-0.25, -0.2) is 4.98 Å². The average Bonchev–Trinajstić information content (AvgIpc) is 3.33. The van der Waals surface area contributed by atoms with Gasteiger partial charge >= 0.3 is 0 Å². The van der Waals surface area contributed by atoms with Gasteiger partial charge in [0, 0.05) is 34.6 Å². The molecule has 4 aliphatic carbocycles. The Bertz CT molecular complexity index is 1250. The lowest BCUT2D eigenvalue weighted by atomic mass is 9.46. The second-order valence-corrected chi connectivity index (χ2v) is 11.4. The average molecular weight is 493 g/mol. The van der Waals surface area contributed by atoms with E-state index in [-0.39, 0.29) is 35.7 Å². The maximum absolute atomic E-state index is 13.9. The summed E-state index contributed by atoms with van der Waals surface area (Å²) in [6, 6.07) is 4.80. The van der Waals surface area contributed by atoms with Crippen molar-refractivity contribution in [1.82, 2.24) is 4.98 Å². The van der Waals surface area contributed by atoms with Crippen LogP contribution in [0.1, 0.15) is 57.8 Å². The second kappa shape index (κ2) is 7.88. The van der Waals surface area contributed by atoms with Crippen molar-refractivity contribution < 1.29 is 28.6 Å². The molecule has 188 valence electrons. The minimum Gasteiger partial charge on any atom is -0.393 e. The first-order valence-corrected chi connectivity index (χ1v) is 12.6. The zero-order valence-electron chi connectivity index (χ0n) is 20.3. The number of pyridine rings is 1. The first-order valence-electron chi connectivity index (χ1n) is 12.6. The fourth-order valence-electron chi connectivity index (χ4n) is 8.48. The van der Waals surface area contributed by atoms with Gasteiger partial charge in [0.1, 0.15) is 0 Å². The zero-order chi connectivity index (χ0) is 25.5. The normalized spacial score (nSPS) is 44.6. The van der Waals surface area contributed by atoms with Crippen molar-refractivity contribution in [2.75, 3.05) is 0 Å². The molecule has 4 fully saturated rings. The molecule has 8 heteroatoms. The van der Waals surface area contributed by atoms with Gasteiger partial charge in [-0.1, -0.05) is 25.5 Å². The van der Waals surface area contributed by atoms with Crippen molar-refractivity contribution in [2.24, 2.45) is 28.6 Å². The zero-order valence-corrected chi connectivity index (χ0v) is 20.3. The predicted molar refractivity (Wildman–Crippen MR) is 124 cm³/mol. The van der Waals surface area contributed by atoms with E-state index in [2.05, 4.69) is 11.9 Å². The molecule has 1 unspecified atom stereocenters. The number of aliphatic hydroxyl groups is 1. The molecule has 3 saturated carbocycles. The van der Waals surface area contributed by atoms with Crippen molar-refractivity contribution in [3.8, 4) is 6.07 Å². The van der Waals surface area contributed by atoms with E-state index in [9.17, 15) is 24.3 Å². The Hall–Kier alpha value is -2.73.